The summed E-state index contributed by atoms with van der Waals surface area (Å²) in [6, 6.07) is 16.4. The summed E-state index contributed by atoms with van der Waals surface area (Å²) >= 11 is 7.55. The lowest BCUT2D eigenvalue weighted by Gasteiger charge is -2.07. The molecule has 0 aliphatic carbocycles. The minimum absolute atomic E-state index is 0.218. The number of nitrogens with zero attached hydrogens (tertiary/aromatic N) is 2. The van der Waals surface area contributed by atoms with Gasteiger partial charge in [-0.2, -0.15) is 0 Å². The third kappa shape index (κ3) is 3.92. The summed E-state index contributed by atoms with van der Waals surface area (Å²) < 4.78 is 0. The molecule has 0 aliphatic rings. The second-order valence-electron chi connectivity index (χ2n) is 6.42. The molecule has 0 amide bonds. The zero-order chi connectivity index (χ0) is 20.5. The topological polar surface area (TPSA) is 99.1 Å². The maximum absolute atomic E-state index is 11.0. The molecule has 0 saturated heterocycles. The molecular formula is C21H16ClN3O3S. The summed E-state index contributed by atoms with van der Waals surface area (Å²) in [5, 5.41) is 19.4. The number of carboxylic acid groups (broad SMARTS) is 1. The lowest BCUT2D eigenvalue weighted by molar-refractivity contribution is -0.136. The van der Waals surface area contributed by atoms with Gasteiger partial charge in [-0.25, -0.2) is 9.97 Å². The van der Waals surface area contributed by atoms with Gasteiger partial charge in [-0.1, -0.05) is 65.8 Å². The van der Waals surface area contributed by atoms with Crippen LogP contribution in [0.2, 0.25) is 5.02 Å². The Balaban J connectivity index is 1.67. The minimum Gasteiger partial charge on any atom is -0.507 e. The number of H-pyrrole nitrogens is 1. The van der Waals surface area contributed by atoms with Crippen LogP contribution in [-0.2, 0) is 4.79 Å². The number of benzene rings is 2. The van der Waals surface area contributed by atoms with Gasteiger partial charge in [-0.3, -0.25) is 4.79 Å². The van der Waals surface area contributed by atoms with Crippen molar-refractivity contribution in [1.82, 2.24) is 15.0 Å². The van der Waals surface area contributed by atoms with Gasteiger partial charge >= 0.3 is 5.97 Å². The number of aliphatic carboxylic acids is 1. The van der Waals surface area contributed by atoms with Crippen LogP contribution in [-0.4, -0.2) is 36.4 Å². The standard InChI is InChI=1S/C21H16ClN3O3S/c1-11(20(27)28)29-21-23-16-10-15(22)18(24-19(16)25-21)13-8-6-12(7-9-13)14-4-2-3-5-17(14)26/h2-11,26H,1H3,(H,27,28)(H,23,24,25). The SMILES string of the molecule is CC(Sc1nc2nc(-c3ccc(-c4ccccc4O)cc3)c(Cl)cc2[nH]1)C(=O)O. The number of rotatable bonds is 5. The molecule has 3 N–H and O–H groups in total. The van der Waals surface area contributed by atoms with E-state index < -0.39 is 11.2 Å². The Bertz CT molecular complexity index is 1210. The van der Waals surface area contributed by atoms with Gasteiger partial charge in [0, 0.05) is 11.1 Å². The van der Waals surface area contributed by atoms with Crippen molar-refractivity contribution < 1.29 is 15.0 Å². The fraction of sp³-hybridized carbons (Fsp3) is 0.0952. The summed E-state index contributed by atoms with van der Waals surface area (Å²) in [6.45, 7) is 1.60. The summed E-state index contributed by atoms with van der Waals surface area (Å²) in [7, 11) is 0. The van der Waals surface area contributed by atoms with Crippen molar-refractivity contribution >= 4 is 40.5 Å². The molecule has 6 nitrogen and oxygen atoms in total. The highest BCUT2D eigenvalue weighted by Gasteiger charge is 2.17. The molecule has 0 fully saturated rings. The van der Waals surface area contributed by atoms with E-state index in [0.29, 0.717) is 27.0 Å². The number of fused-ring (bicyclic) bond motifs is 1. The van der Waals surface area contributed by atoms with Crippen LogP contribution >= 0.6 is 23.4 Å². The average Bonchev–Trinajstić information content (AvgIpc) is 3.09. The number of phenolic OH excluding ortho intramolecular Hbond substituents is 1. The number of hydrogen-bond donors (Lipinski definition) is 3. The number of aromatic hydroxyl groups is 1. The smallest absolute Gasteiger partial charge is 0.316 e. The Hall–Kier alpha value is -3.03. The van der Waals surface area contributed by atoms with Crippen molar-refractivity contribution in [1.29, 1.82) is 0 Å². The van der Waals surface area contributed by atoms with E-state index in [-0.39, 0.29) is 5.75 Å². The number of aromatic nitrogens is 3. The Morgan fingerprint density at radius 3 is 2.48 bits per heavy atom. The van der Waals surface area contributed by atoms with E-state index in [4.69, 9.17) is 16.7 Å². The molecule has 146 valence electrons. The van der Waals surface area contributed by atoms with E-state index in [1.165, 1.54) is 0 Å². The first kappa shape index (κ1) is 19.3. The summed E-state index contributed by atoms with van der Waals surface area (Å²) in [5.41, 5.74) is 4.13. The number of imidazole rings is 1. The molecule has 0 saturated carbocycles. The molecule has 1 atom stereocenters. The van der Waals surface area contributed by atoms with Crippen molar-refractivity contribution in [2.45, 2.75) is 17.3 Å². The molecule has 2 aromatic heterocycles. The first-order valence-corrected chi connectivity index (χ1v) is 10.0. The molecular weight excluding hydrogens is 410 g/mol. The number of pyridine rings is 1. The Labute approximate surface area is 175 Å². The van der Waals surface area contributed by atoms with Gasteiger partial charge in [-0.05, 0) is 24.6 Å². The molecule has 2 aromatic carbocycles. The van der Waals surface area contributed by atoms with Crippen molar-refractivity contribution in [3.63, 3.8) is 0 Å². The highest BCUT2D eigenvalue weighted by atomic mass is 35.5. The van der Waals surface area contributed by atoms with Gasteiger partial charge in [0.2, 0.25) is 0 Å². The quantitative estimate of drug-likeness (QED) is 0.379. The molecule has 0 aliphatic heterocycles. The van der Waals surface area contributed by atoms with Crippen LogP contribution in [0.4, 0.5) is 0 Å². The van der Waals surface area contributed by atoms with Crippen molar-refractivity contribution in [2.24, 2.45) is 0 Å². The van der Waals surface area contributed by atoms with Crippen LogP contribution in [0.15, 0.2) is 59.8 Å². The van der Waals surface area contributed by atoms with Gasteiger partial charge < -0.3 is 15.2 Å². The van der Waals surface area contributed by atoms with Gasteiger partial charge in [0.1, 0.15) is 11.0 Å². The van der Waals surface area contributed by atoms with Crippen LogP contribution < -0.4 is 0 Å². The van der Waals surface area contributed by atoms with E-state index >= 15 is 0 Å². The normalized spacial score (nSPS) is 12.2. The lowest BCUT2D eigenvalue weighted by atomic mass is 10.0. The largest absolute Gasteiger partial charge is 0.507 e. The minimum atomic E-state index is -0.910. The van der Waals surface area contributed by atoms with E-state index in [0.717, 1.165) is 28.5 Å². The van der Waals surface area contributed by atoms with Crippen molar-refractivity contribution in [3.05, 3.63) is 59.6 Å². The van der Waals surface area contributed by atoms with E-state index in [9.17, 15) is 9.90 Å². The first-order valence-electron chi connectivity index (χ1n) is 8.77. The molecule has 4 aromatic rings. The fourth-order valence-corrected chi connectivity index (χ4v) is 3.90. The number of carbonyl (C=O) groups is 1. The predicted molar refractivity (Wildman–Crippen MR) is 114 cm³/mol. The number of nitrogens with one attached hydrogen (secondary N) is 1. The summed E-state index contributed by atoms with van der Waals surface area (Å²) in [6.07, 6.45) is 0. The first-order chi connectivity index (χ1) is 13.9. The Morgan fingerprint density at radius 2 is 1.79 bits per heavy atom. The van der Waals surface area contributed by atoms with Crippen LogP contribution in [0.5, 0.6) is 5.75 Å². The molecule has 4 rings (SSSR count). The maximum Gasteiger partial charge on any atom is 0.316 e. The second kappa shape index (κ2) is 7.77. The molecule has 8 heteroatoms. The molecule has 29 heavy (non-hydrogen) atoms. The van der Waals surface area contributed by atoms with Gasteiger partial charge in [-0.15, -0.1) is 0 Å². The van der Waals surface area contributed by atoms with Crippen LogP contribution in [0.3, 0.4) is 0 Å². The highest BCUT2D eigenvalue weighted by Crippen LogP contribution is 2.33. The van der Waals surface area contributed by atoms with Crippen molar-refractivity contribution in [3.8, 4) is 28.1 Å². The Kier molecular flexibility index (Phi) is 5.17. The number of hydrogen-bond acceptors (Lipinski definition) is 5. The van der Waals surface area contributed by atoms with E-state index in [1.807, 2.05) is 36.4 Å². The third-order valence-electron chi connectivity index (χ3n) is 4.41. The number of phenols is 1. The number of para-hydroxylation sites is 1. The molecule has 2 heterocycles. The number of thioether (sulfide) groups is 1. The number of halogens is 1. The Morgan fingerprint density at radius 1 is 1.10 bits per heavy atom. The van der Waals surface area contributed by atoms with E-state index in [2.05, 4.69) is 15.0 Å². The number of carboxylic acids is 1. The fourth-order valence-electron chi connectivity index (χ4n) is 2.90. The van der Waals surface area contributed by atoms with Crippen LogP contribution in [0.25, 0.3) is 33.5 Å². The molecule has 1 unspecified atom stereocenters. The molecule has 0 radical (unpaired) electrons. The molecule has 0 bridgehead atoms. The second-order valence-corrected chi connectivity index (χ2v) is 8.16. The third-order valence-corrected chi connectivity index (χ3v) is 5.67. The van der Waals surface area contributed by atoms with Gasteiger partial charge in [0.25, 0.3) is 0 Å². The highest BCUT2D eigenvalue weighted by molar-refractivity contribution is 8.00. The zero-order valence-electron chi connectivity index (χ0n) is 15.3. The number of aromatic amines is 1. The monoisotopic (exact) mass is 425 g/mol. The van der Waals surface area contributed by atoms with Crippen molar-refractivity contribution in [2.75, 3.05) is 0 Å². The predicted octanol–water partition coefficient (Wildman–Crippen LogP) is 5.22. The van der Waals surface area contributed by atoms with Crippen LogP contribution in [0.1, 0.15) is 6.92 Å². The summed E-state index contributed by atoms with van der Waals surface area (Å²) in [4.78, 5) is 23.0. The molecule has 0 spiro atoms. The summed E-state index contributed by atoms with van der Waals surface area (Å²) in [5.74, 6) is -0.693. The zero-order valence-corrected chi connectivity index (χ0v) is 16.8. The van der Waals surface area contributed by atoms with Gasteiger partial charge in [0.05, 0.1) is 16.2 Å². The van der Waals surface area contributed by atoms with E-state index in [1.54, 1.807) is 25.1 Å². The average molecular weight is 426 g/mol. The maximum atomic E-state index is 11.0. The van der Waals surface area contributed by atoms with Crippen LogP contribution in [0, 0.1) is 0 Å². The van der Waals surface area contributed by atoms with Gasteiger partial charge in [0.15, 0.2) is 10.8 Å². The lowest BCUT2D eigenvalue weighted by Crippen LogP contribution is -2.11.